The van der Waals surface area contributed by atoms with Crippen molar-refractivity contribution in [2.45, 2.75) is 81.7 Å². The first-order valence-electron chi connectivity index (χ1n) is 8.77. The lowest BCUT2D eigenvalue weighted by atomic mass is 9.80. The lowest BCUT2D eigenvalue weighted by molar-refractivity contribution is 0.0987. The lowest BCUT2D eigenvalue weighted by Gasteiger charge is -2.46. The van der Waals surface area contributed by atoms with Gasteiger partial charge in [0, 0.05) is 30.7 Å². The van der Waals surface area contributed by atoms with E-state index in [1.54, 1.807) is 0 Å². The number of rotatable bonds is 2. The Bertz CT molecular complexity index is 369. The van der Waals surface area contributed by atoms with Gasteiger partial charge in [0.2, 0.25) is 0 Å². The van der Waals surface area contributed by atoms with Gasteiger partial charge >= 0.3 is 0 Å². The molecule has 3 heteroatoms. The summed E-state index contributed by atoms with van der Waals surface area (Å²) in [7, 11) is 0. The number of likely N-dealkylation sites (tertiary alicyclic amines) is 1. The summed E-state index contributed by atoms with van der Waals surface area (Å²) in [6, 6.07) is 2.91. The Balaban J connectivity index is 1.58. The molecule has 3 nitrogen and oxygen atoms in total. The van der Waals surface area contributed by atoms with Crippen molar-refractivity contribution in [3.05, 3.63) is 12.7 Å². The molecule has 2 saturated carbocycles. The maximum Gasteiger partial charge on any atom is 0.0766 e. The summed E-state index contributed by atoms with van der Waals surface area (Å²) in [6.07, 6.45) is 13.9. The van der Waals surface area contributed by atoms with Crippen LogP contribution in [0.5, 0.6) is 0 Å². The Labute approximate surface area is 123 Å². The largest absolute Gasteiger partial charge is 0.307 e. The Kier molecular flexibility index (Phi) is 3.61. The van der Waals surface area contributed by atoms with Crippen LogP contribution in [-0.4, -0.2) is 41.8 Å². The van der Waals surface area contributed by atoms with E-state index < -0.39 is 0 Å². The minimum absolute atomic E-state index is 0.556. The molecule has 0 aromatic rings. The summed E-state index contributed by atoms with van der Waals surface area (Å²) in [4.78, 5) is 2.72. The average molecular weight is 275 g/mol. The maximum atomic E-state index is 4.07. The van der Waals surface area contributed by atoms with Crippen molar-refractivity contribution < 1.29 is 0 Å². The molecule has 0 aromatic heterocycles. The topological polar surface area (TPSA) is 27.3 Å². The van der Waals surface area contributed by atoms with Gasteiger partial charge in [-0.2, -0.15) is 0 Å². The number of hydrogen-bond donors (Lipinski definition) is 2. The van der Waals surface area contributed by atoms with E-state index in [-0.39, 0.29) is 0 Å². The van der Waals surface area contributed by atoms with E-state index in [0.29, 0.717) is 18.2 Å². The molecule has 2 aliphatic heterocycles. The number of fused-ring (bicyclic) bond motifs is 4. The van der Waals surface area contributed by atoms with Crippen LogP contribution in [0, 0.1) is 5.92 Å². The van der Waals surface area contributed by atoms with Gasteiger partial charge in [-0.1, -0.05) is 31.8 Å². The van der Waals surface area contributed by atoms with Gasteiger partial charge in [-0.3, -0.25) is 10.2 Å². The Morgan fingerprint density at radius 2 is 1.65 bits per heavy atom. The predicted molar refractivity (Wildman–Crippen MR) is 82.5 cm³/mol. The molecule has 2 N–H and O–H groups in total. The molecular formula is C17H29N3. The molecule has 0 radical (unpaired) electrons. The van der Waals surface area contributed by atoms with E-state index in [1.165, 1.54) is 51.4 Å². The highest BCUT2D eigenvalue weighted by molar-refractivity contribution is 5.10. The molecule has 2 aliphatic carbocycles. The minimum Gasteiger partial charge on any atom is -0.307 e. The summed E-state index contributed by atoms with van der Waals surface area (Å²) in [5.41, 5.74) is 0. The number of nitrogens with one attached hydrogen (secondary N) is 2. The molecule has 0 amide bonds. The Hall–Kier alpha value is -0.380. The van der Waals surface area contributed by atoms with Gasteiger partial charge in [-0.15, -0.1) is 6.58 Å². The third-order valence-corrected chi connectivity index (χ3v) is 6.26. The molecule has 4 rings (SSSR count). The molecular weight excluding hydrogens is 246 g/mol. The van der Waals surface area contributed by atoms with Gasteiger partial charge in [0.25, 0.3) is 0 Å². The van der Waals surface area contributed by atoms with Crippen molar-refractivity contribution in [1.29, 1.82) is 0 Å². The molecule has 2 saturated heterocycles. The van der Waals surface area contributed by atoms with Crippen LogP contribution in [0.15, 0.2) is 12.7 Å². The standard InChI is InChI=1S/C17H29N3/c1-2-11-20-15-10-6-3-7-12(15)16-17(20)19-14-9-5-4-8-13(14)18-16/h2,12-19H,1,3-11H2. The van der Waals surface area contributed by atoms with Gasteiger partial charge in [-0.05, 0) is 31.6 Å². The molecule has 0 bridgehead atoms. The molecule has 0 aromatic carbocycles. The lowest BCUT2D eigenvalue weighted by Crippen LogP contribution is -2.68. The van der Waals surface area contributed by atoms with Crippen molar-refractivity contribution in [1.82, 2.24) is 15.5 Å². The average Bonchev–Trinajstić information content (AvgIpc) is 2.80. The van der Waals surface area contributed by atoms with Crippen molar-refractivity contribution in [3.63, 3.8) is 0 Å². The molecule has 4 fully saturated rings. The third-order valence-electron chi connectivity index (χ3n) is 6.26. The second kappa shape index (κ2) is 5.43. The van der Waals surface area contributed by atoms with Crippen LogP contribution >= 0.6 is 0 Å². The molecule has 6 unspecified atom stereocenters. The smallest absolute Gasteiger partial charge is 0.0766 e. The highest BCUT2D eigenvalue weighted by Gasteiger charge is 2.52. The monoisotopic (exact) mass is 275 g/mol. The maximum absolute atomic E-state index is 4.07. The van der Waals surface area contributed by atoms with Gasteiger partial charge < -0.3 is 5.32 Å². The van der Waals surface area contributed by atoms with E-state index in [0.717, 1.165) is 24.5 Å². The highest BCUT2D eigenvalue weighted by Crippen LogP contribution is 2.41. The zero-order valence-electron chi connectivity index (χ0n) is 12.6. The molecule has 112 valence electrons. The van der Waals surface area contributed by atoms with Crippen LogP contribution in [-0.2, 0) is 0 Å². The van der Waals surface area contributed by atoms with Crippen LogP contribution in [0.3, 0.4) is 0 Å². The Morgan fingerprint density at radius 3 is 2.45 bits per heavy atom. The highest BCUT2D eigenvalue weighted by atomic mass is 15.4. The fraction of sp³-hybridized carbons (Fsp3) is 0.882. The summed E-state index contributed by atoms with van der Waals surface area (Å²) >= 11 is 0. The fourth-order valence-electron chi connectivity index (χ4n) is 5.43. The van der Waals surface area contributed by atoms with E-state index in [2.05, 4.69) is 28.2 Å². The van der Waals surface area contributed by atoms with Crippen molar-refractivity contribution in [2.75, 3.05) is 6.54 Å². The molecule has 2 heterocycles. The first-order chi connectivity index (χ1) is 9.88. The van der Waals surface area contributed by atoms with E-state index in [1.807, 2.05) is 0 Å². The van der Waals surface area contributed by atoms with Crippen LogP contribution < -0.4 is 10.6 Å². The first kappa shape index (κ1) is 13.3. The zero-order chi connectivity index (χ0) is 13.5. The second-order valence-electron chi connectivity index (χ2n) is 7.30. The molecule has 0 spiro atoms. The number of piperazine rings is 1. The van der Waals surface area contributed by atoms with Crippen LogP contribution in [0.2, 0.25) is 0 Å². The zero-order valence-corrected chi connectivity index (χ0v) is 12.6. The van der Waals surface area contributed by atoms with Crippen molar-refractivity contribution in [3.8, 4) is 0 Å². The van der Waals surface area contributed by atoms with Crippen LogP contribution in [0.25, 0.3) is 0 Å². The molecule has 6 atom stereocenters. The minimum atomic E-state index is 0.556. The molecule has 20 heavy (non-hydrogen) atoms. The van der Waals surface area contributed by atoms with Gasteiger partial charge in [0.15, 0.2) is 0 Å². The van der Waals surface area contributed by atoms with E-state index >= 15 is 0 Å². The van der Waals surface area contributed by atoms with Gasteiger partial charge in [0.1, 0.15) is 0 Å². The number of nitrogens with zero attached hydrogens (tertiary/aromatic N) is 1. The van der Waals surface area contributed by atoms with Crippen molar-refractivity contribution >= 4 is 0 Å². The SMILES string of the molecule is C=CCN1C2CCCCC2C2NC3CCCCC3NC21. The predicted octanol–water partition coefficient (Wildman–Crippen LogP) is 2.25. The second-order valence-corrected chi connectivity index (χ2v) is 7.30. The quantitative estimate of drug-likeness (QED) is 0.757. The third kappa shape index (κ3) is 2.06. The van der Waals surface area contributed by atoms with E-state index in [9.17, 15) is 0 Å². The molecule has 4 aliphatic rings. The summed E-state index contributed by atoms with van der Waals surface area (Å²) in [5.74, 6) is 0.865. The summed E-state index contributed by atoms with van der Waals surface area (Å²) < 4.78 is 0. The first-order valence-corrected chi connectivity index (χ1v) is 8.77. The van der Waals surface area contributed by atoms with Gasteiger partial charge in [0.05, 0.1) is 6.17 Å². The van der Waals surface area contributed by atoms with Crippen molar-refractivity contribution in [2.24, 2.45) is 5.92 Å². The normalized spacial score (nSPS) is 48.2. The summed E-state index contributed by atoms with van der Waals surface area (Å²) in [5, 5.41) is 8.09. The number of hydrogen-bond acceptors (Lipinski definition) is 3. The van der Waals surface area contributed by atoms with Crippen LogP contribution in [0.1, 0.15) is 51.4 Å². The summed E-state index contributed by atoms with van der Waals surface area (Å²) in [6.45, 7) is 5.04. The van der Waals surface area contributed by atoms with E-state index in [4.69, 9.17) is 0 Å². The fourth-order valence-corrected chi connectivity index (χ4v) is 5.43. The van der Waals surface area contributed by atoms with Gasteiger partial charge in [-0.25, -0.2) is 0 Å². The Morgan fingerprint density at radius 1 is 0.950 bits per heavy atom. The van der Waals surface area contributed by atoms with Crippen LogP contribution in [0.4, 0.5) is 0 Å².